The van der Waals surface area contributed by atoms with Crippen molar-refractivity contribution in [3.8, 4) is 11.5 Å². The van der Waals surface area contributed by atoms with Crippen molar-refractivity contribution in [2.75, 3.05) is 12.8 Å². The number of benzene rings is 1. The molecule has 1 heterocycles. The number of hydrogen-bond donors (Lipinski definition) is 1. The first-order valence-corrected chi connectivity index (χ1v) is 5.66. The minimum absolute atomic E-state index is 0.473. The lowest BCUT2D eigenvalue weighted by Gasteiger charge is -2.09. The zero-order valence-corrected chi connectivity index (χ0v) is 10.5. The van der Waals surface area contributed by atoms with Gasteiger partial charge in [-0.05, 0) is 30.7 Å². The third kappa shape index (κ3) is 2.91. The second-order valence-corrected chi connectivity index (χ2v) is 4.06. The van der Waals surface area contributed by atoms with Crippen molar-refractivity contribution in [3.63, 3.8) is 0 Å². The molecule has 2 aromatic rings. The van der Waals surface area contributed by atoms with E-state index in [1.807, 2.05) is 25.3 Å². The van der Waals surface area contributed by atoms with Gasteiger partial charge in [-0.15, -0.1) is 0 Å². The third-order valence-electron chi connectivity index (χ3n) is 2.54. The molecule has 0 saturated carbocycles. The summed E-state index contributed by atoms with van der Waals surface area (Å²) in [4.78, 5) is 4.12. The van der Waals surface area contributed by atoms with E-state index in [4.69, 9.17) is 15.2 Å². The molecule has 4 heteroatoms. The second-order valence-electron chi connectivity index (χ2n) is 4.06. The van der Waals surface area contributed by atoms with Crippen molar-refractivity contribution in [2.24, 2.45) is 0 Å². The smallest absolute Gasteiger partial charge is 0.142 e. The van der Waals surface area contributed by atoms with Crippen LogP contribution in [0.1, 0.15) is 11.1 Å². The Morgan fingerprint density at radius 2 is 2.06 bits per heavy atom. The highest BCUT2D eigenvalue weighted by Gasteiger charge is 2.02. The Bertz CT molecular complexity index is 541. The molecule has 0 aliphatic rings. The van der Waals surface area contributed by atoms with Crippen LogP contribution in [0.2, 0.25) is 0 Å². The van der Waals surface area contributed by atoms with Gasteiger partial charge < -0.3 is 15.2 Å². The van der Waals surface area contributed by atoms with E-state index in [0.29, 0.717) is 18.0 Å². The van der Waals surface area contributed by atoms with Crippen molar-refractivity contribution in [1.82, 2.24) is 4.98 Å². The fourth-order valence-corrected chi connectivity index (χ4v) is 1.67. The molecule has 0 unspecified atom stereocenters. The maximum absolute atomic E-state index is 5.81. The van der Waals surface area contributed by atoms with Gasteiger partial charge in [-0.3, -0.25) is 4.98 Å². The van der Waals surface area contributed by atoms with Crippen molar-refractivity contribution in [3.05, 3.63) is 47.8 Å². The molecule has 18 heavy (non-hydrogen) atoms. The summed E-state index contributed by atoms with van der Waals surface area (Å²) in [5.74, 6) is 1.37. The SMILES string of the molecule is COc1ccc(OCc2cncc(C)c2)cc1N. The summed E-state index contributed by atoms with van der Waals surface area (Å²) < 4.78 is 10.7. The van der Waals surface area contributed by atoms with E-state index in [1.165, 1.54) is 0 Å². The van der Waals surface area contributed by atoms with Crippen LogP contribution >= 0.6 is 0 Å². The van der Waals surface area contributed by atoms with Gasteiger partial charge in [0.25, 0.3) is 0 Å². The molecule has 0 bridgehead atoms. The van der Waals surface area contributed by atoms with E-state index >= 15 is 0 Å². The average Bonchev–Trinajstić information content (AvgIpc) is 2.37. The Morgan fingerprint density at radius 1 is 1.22 bits per heavy atom. The van der Waals surface area contributed by atoms with Gasteiger partial charge in [0.15, 0.2) is 0 Å². The number of rotatable bonds is 4. The summed E-state index contributed by atoms with van der Waals surface area (Å²) >= 11 is 0. The molecule has 0 atom stereocenters. The van der Waals surface area contributed by atoms with Crippen LogP contribution in [0.25, 0.3) is 0 Å². The maximum atomic E-state index is 5.81. The standard InChI is InChI=1S/C14H16N2O2/c1-10-5-11(8-16-7-10)9-18-12-3-4-14(17-2)13(15)6-12/h3-8H,9,15H2,1-2H3. The Labute approximate surface area is 106 Å². The van der Waals surface area contributed by atoms with Crippen molar-refractivity contribution in [2.45, 2.75) is 13.5 Å². The van der Waals surface area contributed by atoms with Gasteiger partial charge in [-0.1, -0.05) is 0 Å². The first kappa shape index (κ1) is 12.2. The molecule has 0 aliphatic heterocycles. The van der Waals surface area contributed by atoms with Crippen LogP contribution in [0.3, 0.4) is 0 Å². The van der Waals surface area contributed by atoms with E-state index in [2.05, 4.69) is 4.98 Å². The molecular weight excluding hydrogens is 228 g/mol. The van der Waals surface area contributed by atoms with E-state index in [0.717, 1.165) is 16.9 Å². The number of hydrogen-bond acceptors (Lipinski definition) is 4. The molecule has 0 amide bonds. The summed E-state index contributed by atoms with van der Waals surface area (Å²) in [6.07, 6.45) is 3.61. The summed E-state index contributed by atoms with van der Waals surface area (Å²) in [7, 11) is 1.59. The van der Waals surface area contributed by atoms with Crippen LogP contribution in [-0.2, 0) is 6.61 Å². The van der Waals surface area contributed by atoms with Crippen LogP contribution in [0, 0.1) is 6.92 Å². The lowest BCUT2D eigenvalue weighted by Crippen LogP contribution is -1.98. The van der Waals surface area contributed by atoms with Gasteiger partial charge in [-0.2, -0.15) is 0 Å². The first-order valence-electron chi connectivity index (χ1n) is 5.66. The van der Waals surface area contributed by atoms with E-state index in [-0.39, 0.29) is 0 Å². The van der Waals surface area contributed by atoms with E-state index in [1.54, 1.807) is 25.4 Å². The van der Waals surface area contributed by atoms with Crippen LogP contribution < -0.4 is 15.2 Å². The summed E-state index contributed by atoms with van der Waals surface area (Å²) in [5.41, 5.74) is 8.52. The molecule has 0 saturated heterocycles. The highest BCUT2D eigenvalue weighted by Crippen LogP contribution is 2.26. The normalized spacial score (nSPS) is 10.1. The number of pyridine rings is 1. The highest BCUT2D eigenvalue weighted by molar-refractivity contribution is 5.56. The second kappa shape index (κ2) is 5.40. The van der Waals surface area contributed by atoms with E-state index in [9.17, 15) is 0 Å². The molecular formula is C14H16N2O2. The number of nitrogen functional groups attached to an aromatic ring is 1. The first-order chi connectivity index (χ1) is 8.69. The van der Waals surface area contributed by atoms with Crippen LogP contribution in [0.15, 0.2) is 36.7 Å². The minimum Gasteiger partial charge on any atom is -0.495 e. The summed E-state index contributed by atoms with van der Waals surface area (Å²) in [5, 5.41) is 0. The number of nitrogens with zero attached hydrogens (tertiary/aromatic N) is 1. The Balaban J connectivity index is 2.04. The number of aryl methyl sites for hydroxylation is 1. The van der Waals surface area contributed by atoms with Gasteiger partial charge in [0.1, 0.15) is 18.1 Å². The topological polar surface area (TPSA) is 57.4 Å². The molecule has 0 aliphatic carbocycles. The molecule has 1 aromatic heterocycles. The van der Waals surface area contributed by atoms with Gasteiger partial charge in [0, 0.05) is 24.0 Å². The number of aromatic nitrogens is 1. The quantitative estimate of drug-likeness (QED) is 0.840. The lowest BCUT2D eigenvalue weighted by molar-refractivity contribution is 0.305. The zero-order valence-electron chi connectivity index (χ0n) is 10.5. The van der Waals surface area contributed by atoms with Crippen LogP contribution in [0.4, 0.5) is 5.69 Å². The molecule has 0 fully saturated rings. The van der Waals surface area contributed by atoms with Gasteiger partial charge in [0.05, 0.1) is 12.8 Å². The number of ether oxygens (including phenoxy) is 2. The van der Waals surface area contributed by atoms with Gasteiger partial charge >= 0.3 is 0 Å². The van der Waals surface area contributed by atoms with Gasteiger partial charge in [-0.25, -0.2) is 0 Å². The number of nitrogens with two attached hydrogens (primary N) is 1. The number of anilines is 1. The van der Waals surface area contributed by atoms with Crippen molar-refractivity contribution >= 4 is 5.69 Å². The fourth-order valence-electron chi connectivity index (χ4n) is 1.67. The van der Waals surface area contributed by atoms with Crippen LogP contribution in [0.5, 0.6) is 11.5 Å². The maximum Gasteiger partial charge on any atom is 0.142 e. The van der Waals surface area contributed by atoms with Crippen LogP contribution in [-0.4, -0.2) is 12.1 Å². The van der Waals surface area contributed by atoms with Crippen molar-refractivity contribution in [1.29, 1.82) is 0 Å². The predicted octanol–water partition coefficient (Wildman–Crippen LogP) is 2.56. The lowest BCUT2D eigenvalue weighted by atomic mass is 10.2. The molecule has 0 spiro atoms. The largest absolute Gasteiger partial charge is 0.495 e. The molecule has 94 valence electrons. The molecule has 2 N–H and O–H groups in total. The monoisotopic (exact) mass is 244 g/mol. The Morgan fingerprint density at radius 3 is 2.72 bits per heavy atom. The Hall–Kier alpha value is -2.23. The summed E-state index contributed by atoms with van der Waals surface area (Å²) in [6.45, 7) is 2.47. The van der Waals surface area contributed by atoms with Crippen molar-refractivity contribution < 1.29 is 9.47 Å². The minimum atomic E-state index is 0.473. The molecule has 0 radical (unpaired) electrons. The van der Waals surface area contributed by atoms with Gasteiger partial charge in [0.2, 0.25) is 0 Å². The summed E-state index contributed by atoms with van der Waals surface area (Å²) in [6, 6.07) is 7.42. The predicted molar refractivity (Wildman–Crippen MR) is 70.7 cm³/mol. The molecule has 2 rings (SSSR count). The fraction of sp³-hybridized carbons (Fsp3) is 0.214. The molecule has 1 aromatic carbocycles. The number of methoxy groups -OCH3 is 1. The average molecular weight is 244 g/mol. The van der Waals surface area contributed by atoms with E-state index < -0.39 is 0 Å². The highest BCUT2D eigenvalue weighted by atomic mass is 16.5. The zero-order chi connectivity index (χ0) is 13.0. The molecule has 4 nitrogen and oxygen atoms in total. The third-order valence-corrected chi connectivity index (χ3v) is 2.54. The Kier molecular flexibility index (Phi) is 3.67.